The highest BCUT2D eigenvalue weighted by Gasteiger charge is 2.44. The number of likely N-dealkylation sites (N-methyl/N-ethyl adjacent to an activating group) is 1. The fourth-order valence-electron chi connectivity index (χ4n) is 4.18. The van der Waals surface area contributed by atoms with Gasteiger partial charge in [0.15, 0.2) is 0 Å². The van der Waals surface area contributed by atoms with Crippen LogP contribution in [0.15, 0.2) is 52.3 Å². The van der Waals surface area contributed by atoms with Crippen molar-refractivity contribution in [3.05, 3.63) is 69.2 Å². The molecule has 0 spiro atoms. The number of carbonyl (C=O) groups excluding carboxylic acids is 3. The molecule has 4 rings (SSSR count). The van der Waals surface area contributed by atoms with Crippen molar-refractivity contribution in [2.45, 2.75) is 25.9 Å². The van der Waals surface area contributed by atoms with Gasteiger partial charge in [-0.2, -0.15) is 0 Å². The van der Waals surface area contributed by atoms with Gasteiger partial charge in [-0.3, -0.25) is 14.5 Å². The average molecular weight is 491 g/mol. The largest absolute Gasteiger partial charge is 0.467 e. The van der Waals surface area contributed by atoms with Crippen molar-refractivity contribution in [1.82, 2.24) is 20.0 Å². The second kappa shape index (κ2) is 9.49. The van der Waals surface area contributed by atoms with Crippen molar-refractivity contribution in [2.75, 3.05) is 26.7 Å². The van der Waals surface area contributed by atoms with Gasteiger partial charge in [0.1, 0.15) is 5.76 Å². The highest BCUT2D eigenvalue weighted by Crippen LogP contribution is 2.39. The van der Waals surface area contributed by atoms with Crippen molar-refractivity contribution in [2.24, 2.45) is 0 Å². The molecule has 3 heterocycles. The van der Waals surface area contributed by atoms with Crippen molar-refractivity contribution in [3.8, 4) is 0 Å². The predicted octanol–water partition coefficient (Wildman–Crippen LogP) is 3.82. The first-order valence-electron chi connectivity index (χ1n) is 10.6. The van der Waals surface area contributed by atoms with Crippen LogP contribution < -0.4 is 5.32 Å². The zero-order valence-corrected chi connectivity index (χ0v) is 19.8. The van der Waals surface area contributed by atoms with Crippen LogP contribution in [0.3, 0.4) is 0 Å². The number of benzene rings is 1. The van der Waals surface area contributed by atoms with Gasteiger partial charge < -0.3 is 19.5 Å². The zero-order chi connectivity index (χ0) is 23.7. The number of nitrogens with zero attached hydrogens (tertiary/aromatic N) is 3. The van der Waals surface area contributed by atoms with E-state index in [9.17, 15) is 14.4 Å². The Hall–Kier alpha value is -2.97. The van der Waals surface area contributed by atoms with E-state index in [1.165, 1.54) is 0 Å². The van der Waals surface area contributed by atoms with E-state index >= 15 is 0 Å². The summed E-state index contributed by atoms with van der Waals surface area (Å²) in [4.78, 5) is 43.5. The molecule has 33 heavy (non-hydrogen) atoms. The Morgan fingerprint density at radius 2 is 2.06 bits per heavy atom. The number of carbonyl (C=O) groups is 3. The molecule has 0 bridgehead atoms. The third-order valence-electron chi connectivity index (χ3n) is 5.88. The Balaban J connectivity index is 1.51. The lowest BCUT2D eigenvalue weighted by atomic mass is 9.95. The van der Waals surface area contributed by atoms with Gasteiger partial charge in [-0.25, -0.2) is 4.79 Å². The minimum Gasteiger partial charge on any atom is -0.467 e. The first-order valence-corrected chi connectivity index (χ1v) is 11.4. The predicted molar refractivity (Wildman–Crippen MR) is 124 cm³/mol. The summed E-state index contributed by atoms with van der Waals surface area (Å²) < 4.78 is 5.29. The molecule has 174 valence electrons. The molecule has 2 aliphatic heterocycles. The SMILES string of the molecule is CCN1C(=O)N[C@@H](c2ccc(Cl)cc2Cl)C2=C1CN(CCC(=O)N(C)Cc1ccco1)C2=O. The van der Waals surface area contributed by atoms with E-state index in [2.05, 4.69) is 5.32 Å². The van der Waals surface area contributed by atoms with Gasteiger partial charge in [0.05, 0.1) is 36.7 Å². The van der Waals surface area contributed by atoms with E-state index in [4.69, 9.17) is 27.6 Å². The minimum absolute atomic E-state index is 0.108. The molecule has 0 fully saturated rings. The maximum atomic E-state index is 13.4. The summed E-state index contributed by atoms with van der Waals surface area (Å²) in [5.41, 5.74) is 1.71. The highest BCUT2D eigenvalue weighted by atomic mass is 35.5. The zero-order valence-electron chi connectivity index (χ0n) is 18.3. The molecule has 8 nitrogen and oxygen atoms in total. The van der Waals surface area contributed by atoms with E-state index < -0.39 is 6.04 Å². The molecular formula is C23H24Cl2N4O4. The van der Waals surface area contributed by atoms with Crippen molar-refractivity contribution in [3.63, 3.8) is 0 Å². The Kier molecular flexibility index (Phi) is 6.67. The summed E-state index contributed by atoms with van der Waals surface area (Å²) in [5, 5.41) is 3.72. The van der Waals surface area contributed by atoms with E-state index in [0.717, 1.165) is 0 Å². The standard InChI is InChI=1S/C23H24Cl2N4O4/c1-3-29-18-13-28(9-8-19(30)27(2)12-15-5-4-10-33-15)22(31)20(18)21(26-23(29)32)16-7-6-14(24)11-17(16)25/h4-7,10-11,21H,3,8-9,12-13H2,1-2H3,(H,26,32)/t21-/m0/s1. The van der Waals surface area contributed by atoms with Crippen LogP contribution in [0, 0.1) is 0 Å². The minimum atomic E-state index is -0.685. The number of halogens is 2. The van der Waals surface area contributed by atoms with Crippen LogP contribution in [-0.2, 0) is 16.1 Å². The third-order valence-corrected chi connectivity index (χ3v) is 6.44. The number of hydrogen-bond donors (Lipinski definition) is 1. The molecule has 2 aliphatic rings. The molecule has 1 aromatic heterocycles. The molecule has 1 N–H and O–H groups in total. The maximum Gasteiger partial charge on any atom is 0.322 e. The Morgan fingerprint density at radius 3 is 2.73 bits per heavy atom. The first kappa shape index (κ1) is 23.2. The fraction of sp³-hybridized carbons (Fsp3) is 0.348. The van der Waals surface area contributed by atoms with Crippen LogP contribution in [0.1, 0.15) is 30.7 Å². The molecule has 0 aliphatic carbocycles. The molecule has 1 atom stereocenters. The van der Waals surface area contributed by atoms with Gasteiger partial charge in [-0.05, 0) is 36.8 Å². The summed E-state index contributed by atoms with van der Waals surface area (Å²) >= 11 is 12.4. The average Bonchev–Trinajstić information content (AvgIpc) is 3.39. The lowest BCUT2D eigenvalue weighted by Crippen LogP contribution is -2.47. The number of hydrogen-bond acceptors (Lipinski definition) is 4. The number of rotatable bonds is 7. The monoisotopic (exact) mass is 490 g/mol. The van der Waals surface area contributed by atoms with Crippen LogP contribution in [0.25, 0.3) is 0 Å². The second-order valence-corrected chi connectivity index (χ2v) is 8.80. The van der Waals surface area contributed by atoms with E-state index in [1.807, 2.05) is 6.92 Å². The summed E-state index contributed by atoms with van der Waals surface area (Å²) in [6.07, 6.45) is 1.72. The molecule has 2 aromatic rings. The highest BCUT2D eigenvalue weighted by molar-refractivity contribution is 6.35. The normalized spacial score (nSPS) is 18.0. The van der Waals surface area contributed by atoms with Crippen molar-refractivity contribution in [1.29, 1.82) is 0 Å². The smallest absolute Gasteiger partial charge is 0.322 e. The molecule has 0 unspecified atom stereocenters. The summed E-state index contributed by atoms with van der Waals surface area (Å²) in [6, 6.07) is 7.56. The molecule has 4 amide bonds. The molecule has 0 saturated carbocycles. The Morgan fingerprint density at radius 1 is 1.27 bits per heavy atom. The van der Waals surface area contributed by atoms with Crippen LogP contribution in [0.2, 0.25) is 10.0 Å². The van der Waals surface area contributed by atoms with Gasteiger partial charge in [0.25, 0.3) is 5.91 Å². The molecular weight excluding hydrogens is 467 g/mol. The molecule has 10 heteroatoms. The van der Waals surface area contributed by atoms with Gasteiger partial charge in [0.2, 0.25) is 5.91 Å². The van der Waals surface area contributed by atoms with Crippen LogP contribution in [-0.4, -0.2) is 59.2 Å². The number of urea groups is 1. The van der Waals surface area contributed by atoms with Crippen LogP contribution in [0.5, 0.6) is 0 Å². The van der Waals surface area contributed by atoms with Crippen LogP contribution in [0.4, 0.5) is 4.79 Å². The third kappa shape index (κ3) is 4.58. The van der Waals surface area contributed by atoms with Gasteiger partial charge in [0, 0.05) is 36.6 Å². The Labute approximate surface area is 201 Å². The fourth-order valence-corrected chi connectivity index (χ4v) is 4.70. The first-order chi connectivity index (χ1) is 15.8. The maximum absolute atomic E-state index is 13.4. The van der Waals surface area contributed by atoms with Gasteiger partial charge in [-0.1, -0.05) is 29.3 Å². The molecule has 0 radical (unpaired) electrons. The van der Waals surface area contributed by atoms with Gasteiger partial charge >= 0.3 is 6.03 Å². The number of furan rings is 1. The number of amides is 4. The van der Waals surface area contributed by atoms with Gasteiger partial charge in [-0.15, -0.1) is 0 Å². The lowest BCUT2D eigenvalue weighted by Gasteiger charge is -2.33. The van der Waals surface area contributed by atoms with Crippen LogP contribution >= 0.6 is 23.2 Å². The van der Waals surface area contributed by atoms with E-state index in [0.29, 0.717) is 45.7 Å². The number of nitrogens with one attached hydrogen (secondary N) is 1. The lowest BCUT2D eigenvalue weighted by molar-refractivity contribution is -0.132. The topological polar surface area (TPSA) is 86.1 Å². The Bertz CT molecular complexity index is 1120. The summed E-state index contributed by atoms with van der Waals surface area (Å²) in [6.45, 7) is 3.11. The van der Waals surface area contributed by atoms with Crippen molar-refractivity contribution < 1.29 is 18.8 Å². The quantitative estimate of drug-likeness (QED) is 0.638. The van der Waals surface area contributed by atoms with Crippen molar-refractivity contribution >= 4 is 41.0 Å². The molecule has 1 aromatic carbocycles. The summed E-state index contributed by atoms with van der Waals surface area (Å²) in [7, 11) is 1.69. The summed E-state index contributed by atoms with van der Waals surface area (Å²) in [5.74, 6) is 0.356. The van der Waals surface area contributed by atoms with E-state index in [-0.39, 0.29) is 37.4 Å². The van der Waals surface area contributed by atoms with E-state index in [1.54, 1.807) is 58.3 Å². The second-order valence-electron chi connectivity index (χ2n) is 7.96. The molecule has 0 saturated heterocycles.